The van der Waals surface area contributed by atoms with E-state index in [9.17, 15) is 9.90 Å². The quantitative estimate of drug-likeness (QED) is 0.830. The zero-order valence-corrected chi connectivity index (χ0v) is 12.6. The Morgan fingerprint density at radius 2 is 2.45 bits per heavy atom. The second-order valence-electron chi connectivity index (χ2n) is 4.68. The molecule has 0 amide bonds. The summed E-state index contributed by atoms with van der Waals surface area (Å²) in [7, 11) is 1.54. The molecule has 20 heavy (non-hydrogen) atoms. The van der Waals surface area contributed by atoms with Gasteiger partial charge in [-0.05, 0) is 19.8 Å². The summed E-state index contributed by atoms with van der Waals surface area (Å²) in [5.74, 6) is -0.950. The predicted octanol–water partition coefficient (Wildman–Crippen LogP) is 1.99. The SMILES string of the molecule is CCN(CC1CCCO1)c1nc(COC)c(C(=O)O)s1. The van der Waals surface area contributed by atoms with E-state index < -0.39 is 5.97 Å². The number of rotatable bonds is 7. The predicted molar refractivity (Wildman–Crippen MR) is 76.6 cm³/mol. The molecule has 1 aliphatic heterocycles. The summed E-state index contributed by atoms with van der Waals surface area (Å²) >= 11 is 1.20. The van der Waals surface area contributed by atoms with Gasteiger partial charge in [0.15, 0.2) is 5.13 Å². The maximum Gasteiger partial charge on any atom is 0.347 e. The van der Waals surface area contributed by atoms with Gasteiger partial charge < -0.3 is 19.5 Å². The Hall–Kier alpha value is -1.18. The topological polar surface area (TPSA) is 71.9 Å². The average Bonchev–Trinajstić information content (AvgIpc) is 3.05. The van der Waals surface area contributed by atoms with E-state index in [-0.39, 0.29) is 17.6 Å². The molecule has 1 aromatic rings. The van der Waals surface area contributed by atoms with Crippen molar-refractivity contribution < 1.29 is 19.4 Å². The van der Waals surface area contributed by atoms with E-state index in [0.29, 0.717) is 5.69 Å². The summed E-state index contributed by atoms with van der Waals surface area (Å²) in [6.45, 7) is 4.60. The van der Waals surface area contributed by atoms with Gasteiger partial charge in [-0.15, -0.1) is 0 Å². The van der Waals surface area contributed by atoms with E-state index in [4.69, 9.17) is 9.47 Å². The van der Waals surface area contributed by atoms with Gasteiger partial charge in [0.2, 0.25) is 0 Å². The van der Waals surface area contributed by atoms with Gasteiger partial charge >= 0.3 is 5.97 Å². The first-order chi connectivity index (χ1) is 9.65. The molecule has 0 spiro atoms. The largest absolute Gasteiger partial charge is 0.477 e. The van der Waals surface area contributed by atoms with Crippen molar-refractivity contribution in [3.05, 3.63) is 10.6 Å². The van der Waals surface area contributed by atoms with Crippen LogP contribution in [0.3, 0.4) is 0 Å². The van der Waals surface area contributed by atoms with Crippen LogP contribution in [0, 0.1) is 0 Å². The van der Waals surface area contributed by atoms with Gasteiger partial charge in [0.25, 0.3) is 0 Å². The third-order valence-electron chi connectivity index (χ3n) is 3.26. The maximum absolute atomic E-state index is 11.2. The second-order valence-corrected chi connectivity index (χ2v) is 5.66. The van der Waals surface area contributed by atoms with E-state index in [2.05, 4.69) is 9.88 Å². The summed E-state index contributed by atoms with van der Waals surface area (Å²) in [5, 5.41) is 9.95. The lowest BCUT2D eigenvalue weighted by Crippen LogP contribution is -2.31. The van der Waals surface area contributed by atoms with Crippen LogP contribution >= 0.6 is 11.3 Å². The number of hydrogen-bond donors (Lipinski definition) is 1. The van der Waals surface area contributed by atoms with E-state index >= 15 is 0 Å². The minimum atomic E-state index is -0.950. The average molecular weight is 300 g/mol. The molecule has 1 atom stereocenters. The number of thiazole rings is 1. The molecule has 1 N–H and O–H groups in total. The van der Waals surface area contributed by atoms with Crippen LogP contribution in [0.1, 0.15) is 35.1 Å². The van der Waals surface area contributed by atoms with Gasteiger partial charge in [0, 0.05) is 26.8 Å². The second kappa shape index (κ2) is 7.01. The summed E-state index contributed by atoms with van der Waals surface area (Å²) < 4.78 is 10.6. The van der Waals surface area contributed by atoms with Gasteiger partial charge in [-0.1, -0.05) is 11.3 Å². The number of carbonyl (C=O) groups is 1. The van der Waals surface area contributed by atoms with Crippen molar-refractivity contribution in [1.82, 2.24) is 4.98 Å². The van der Waals surface area contributed by atoms with E-state index in [1.165, 1.54) is 18.4 Å². The zero-order valence-electron chi connectivity index (χ0n) is 11.8. The van der Waals surface area contributed by atoms with Crippen LogP contribution in [-0.4, -0.2) is 49.0 Å². The number of hydrogen-bond acceptors (Lipinski definition) is 6. The fraction of sp³-hybridized carbons (Fsp3) is 0.692. The van der Waals surface area contributed by atoms with E-state index in [0.717, 1.165) is 37.7 Å². The van der Waals surface area contributed by atoms with Gasteiger partial charge in [-0.2, -0.15) is 0 Å². The van der Waals surface area contributed by atoms with Crippen LogP contribution in [0.2, 0.25) is 0 Å². The normalized spacial score (nSPS) is 18.4. The van der Waals surface area contributed by atoms with Gasteiger partial charge in [0.05, 0.1) is 18.4 Å². The minimum Gasteiger partial charge on any atom is -0.477 e. The molecule has 1 aliphatic rings. The molecule has 112 valence electrons. The Kier molecular flexibility index (Phi) is 5.33. The van der Waals surface area contributed by atoms with E-state index in [1.54, 1.807) is 0 Å². The fourth-order valence-electron chi connectivity index (χ4n) is 2.25. The minimum absolute atomic E-state index is 0.218. The van der Waals surface area contributed by atoms with Crippen molar-refractivity contribution in [1.29, 1.82) is 0 Å². The smallest absolute Gasteiger partial charge is 0.347 e. The van der Waals surface area contributed by atoms with Crippen LogP contribution in [0.25, 0.3) is 0 Å². The summed E-state index contributed by atoms with van der Waals surface area (Å²) in [6, 6.07) is 0. The third kappa shape index (κ3) is 3.47. The Morgan fingerprint density at radius 3 is 3.00 bits per heavy atom. The molecule has 2 heterocycles. The first kappa shape index (κ1) is 15.2. The first-order valence-corrected chi connectivity index (χ1v) is 7.55. The highest BCUT2D eigenvalue weighted by Gasteiger charge is 2.23. The number of anilines is 1. The molecule has 0 radical (unpaired) electrons. The fourth-order valence-corrected chi connectivity index (χ4v) is 3.23. The molecule has 2 rings (SSSR count). The number of ether oxygens (including phenoxy) is 2. The monoisotopic (exact) mass is 300 g/mol. The van der Waals surface area contributed by atoms with Crippen molar-refractivity contribution >= 4 is 22.4 Å². The van der Waals surface area contributed by atoms with Gasteiger partial charge in [-0.3, -0.25) is 0 Å². The molecule has 1 unspecified atom stereocenters. The van der Waals surface area contributed by atoms with Crippen LogP contribution in [-0.2, 0) is 16.1 Å². The molecular formula is C13H20N2O4S. The lowest BCUT2D eigenvalue weighted by atomic mass is 10.2. The number of methoxy groups -OCH3 is 1. The summed E-state index contributed by atoms with van der Waals surface area (Å²) in [5.41, 5.74) is 0.491. The van der Waals surface area contributed by atoms with Crippen LogP contribution in [0.5, 0.6) is 0 Å². The lowest BCUT2D eigenvalue weighted by molar-refractivity contribution is 0.0697. The number of aromatic nitrogens is 1. The molecule has 1 saturated heterocycles. The molecule has 1 fully saturated rings. The van der Waals surface area contributed by atoms with Crippen molar-refractivity contribution in [3.8, 4) is 0 Å². The van der Waals surface area contributed by atoms with Crippen molar-refractivity contribution in [2.24, 2.45) is 0 Å². The van der Waals surface area contributed by atoms with Crippen molar-refractivity contribution in [2.75, 3.05) is 31.7 Å². The molecule has 6 nitrogen and oxygen atoms in total. The van der Waals surface area contributed by atoms with Gasteiger partial charge in [-0.25, -0.2) is 9.78 Å². The Labute approximate surface area is 122 Å². The van der Waals surface area contributed by atoms with Gasteiger partial charge in [0.1, 0.15) is 4.88 Å². The molecule has 0 aliphatic carbocycles. The number of nitrogens with zero attached hydrogens (tertiary/aromatic N) is 2. The Morgan fingerprint density at radius 1 is 1.65 bits per heavy atom. The van der Waals surface area contributed by atoms with E-state index in [1.807, 2.05) is 6.92 Å². The van der Waals surface area contributed by atoms with Crippen LogP contribution < -0.4 is 4.90 Å². The lowest BCUT2D eigenvalue weighted by Gasteiger charge is -2.23. The number of likely N-dealkylation sites (N-methyl/N-ethyl adjacent to an activating group) is 1. The number of carboxylic acid groups (broad SMARTS) is 1. The third-order valence-corrected chi connectivity index (χ3v) is 4.41. The summed E-state index contributed by atoms with van der Waals surface area (Å²) in [6.07, 6.45) is 2.37. The van der Waals surface area contributed by atoms with Crippen LogP contribution in [0.15, 0.2) is 0 Å². The Balaban J connectivity index is 2.15. The van der Waals surface area contributed by atoms with Crippen molar-refractivity contribution in [2.45, 2.75) is 32.5 Å². The molecular weight excluding hydrogens is 280 g/mol. The molecule has 0 aromatic carbocycles. The highest BCUT2D eigenvalue weighted by Crippen LogP contribution is 2.28. The first-order valence-electron chi connectivity index (χ1n) is 6.74. The van der Waals surface area contributed by atoms with Crippen molar-refractivity contribution in [3.63, 3.8) is 0 Å². The molecule has 7 heteroatoms. The number of aromatic carboxylic acids is 1. The molecule has 1 aromatic heterocycles. The molecule has 0 saturated carbocycles. The maximum atomic E-state index is 11.2. The number of carboxylic acids is 1. The highest BCUT2D eigenvalue weighted by atomic mass is 32.1. The van der Waals surface area contributed by atoms with Crippen LogP contribution in [0.4, 0.5) is 5.13 Å². The standard InChI is InChI=1S/C13H20N2O4S/c1-3-15(7-9-5-4-6-19-9)13-14-10(8-18-2)11(20-13)12(16)17/h9H,3-8H2,1-2H3,(H,16,17). The molecule has 0 bridgehead atoms. The zero-order chi connectivity index (χ0) is 14.5. The highest BCUT2D eigenvalue weighted by molar-refractivity contribution is 7.17. The Bertz CT molecular complexity index is 457. The summed E-state index contributed by atoms with van der Waals surface area (Å²) in [4.78, 5) is 18.0.